The summed E-state index contributed by atoms with van der Waals surface area (Å²) in [6.45, 7) is 4.13. The highest BCUT2D eigenvalue weighted by Crippen LogP contribution is 2.18. The average molecular weight is 324 g/mol. The first-order valence-electron chi connectivity index (χ1n) is 7.77. The van der Waals surface area contributed by atoms with E-state index in [0.29, 0.717) is 23.4 Å². The molecule has 2 aromatic heterocycles. The third-order valence-electron chi connectivity index (χ3n) is 3.76. The number of hydrogen-bond acceptors (Lipinski definition) is 4. The number of aryl methyl sites for hydroxylation is 2. The van der Waals surface area contributed by atoms with Gasteiger partial charge in [0.05, 0.1) is 0 Å². The van der Waals surface area contributed by atoms with E-state index in [4.69, 9.17) is 0 Å². The molecule has 0 radical (unpaired) electrons. The van der Waals surface area contributed by atoms with Crippen LogP contribution in [-0.4, -0.2) is 30.5 Å². The summed E-state index contributed by atoms with van der Waals surface area (Å²) in [7, 11) is 3.58. The van der Waals surface area contributed by atoms with Gasteiger partial charge in [-0.15, -0.1) is 5.10 Å². The minimum absolute atomic E-state index is 0.295. The average Bonchev–Trinajstić information content (AvgIpc) is 3.12. The number of hydrogen-bond donors (Lipinski definition) is 1. The number of nitrogens with zero attached hydrogens (tertiary/aromatic N) is 5. The summed E-state index contributed by atoms with van der Waals surface area (Å²) in [6, 6.07) is 11.4. The molecule has 7 nitrogen and oxygen atoms in total. The quantitative estimate of drug-likeness (QED) is 0.800. The van der Waals surface area contributed by atoms with Gasteiger partial charge in [-0.2, -0.15) is 10.1 Å². The lowest BCUT2D eigenvalue weighted by Crippen LogP contribution is -2.16. The molecule has 0 atom stereocenters. The van der Waals surface area contributed by atoms with E-state index in [1.165, 1.54) is 0 Å². The Bertz CT molecular complexity index is 863. The van der Waals surface area contributed by atoms with Gasteiger partial charge in [-0.1, -0.05) is 44.2 Å². The number of anilines is 1. The number of carbonyl (C=O) groups is 1. The topological polar surface area (TPSA) is 77.6 Å². The van der Waals surface area contributed by atoms with Crippen molar-refractivity contribution in [2.45, 2.75) is 19.8 Å². The molecule has 0 bridgehead atoms. The van der Waals surface area contributed by atoms with Gasteiger partial charge in [0.1, 0.15) is 0 Å². The van der Waals surface area contributed by atoms with Gasteiger partial charge >= 0.3 is 0 Å². The van der Waals surface area contributed by atoms with Gasteiger partial charge in [-0.25, -0.2) is 4.68 Å². The molecule has 1 aromatic carbocycles. The molecule has 3 aromatic rings. The molecule has 7 heteroatoms. The second-order valence-corrected chi connectivity index (χ2v) is 5.94. The van der Waals surface area contributed by atoms with E-state index < -0.39 is 0 Å². The summed E-state index contributed by atoms with van der Waals surface area (Å²) >= 11 is 0. The van der Waals surface area contributed by atoms with E-state index in [-0.39, 0.29) is 5.91 Å². The summed E-state index contributed by atoms with van der Waals surface area (Å²) in [4.78, 5) is 16.8. The third kappa shape index (κ3) is 3.05. The monoisotopic (exact) mass is 324 g/mol. The van der Waals surface area contributed by atoms with Crippen LogP contribution in [0.4, 0.5) is 5.95 Å². The van der Waals surface area contributed by atoms with Crippen molar-refractivity contribution in [2.24, 2.45) is 14.1 Å². The van der Waals surface area contributed by atoms with Crippen molar-refractivity contribution in [1.82, 2.24) is 24.5 Å². The number of benzene rings is 1. The van der Waals surface area contributed by atoms with Crippen molar-refractivity contribution < 1.29 is 4.79 Å². The van der Waals surface area contributed by atoms with E-state index in [9.17, 15) is 4.79 Å². The maximum atomic E-state index is 12.4. The maximum Gasteiger partial charge on any atom is 0.278 e. The van der Waals surface area contributed by atoms with Crippen molar-refractivity contribution in [2.75, 3.05) is 5.32 Å². The largest absolute Gasteiger partial charge is 0.289 e. The Labute approximate surface area is 140 Å². The van der Waals surface area contributed by atoms with Crippen LogP contribution >= 0.6 is 0 Å². The van der Waals surface area contributed by atoms with Crippen LogP contribution in [0.3, 0.4) is 0 Å². The van der Waals surface area contributed by atoms with Crippen molar-refractivity contribution in [3.05, 3.63) is 47.8 Å². The molecule has 0 fully saturated rings. The van der Waals surface area contributed by atoms with Gasteiger partial charge in [-0.05, 0) is 12.0 Å². The van der Waals surface area contributed by atoms with Crippen LogP contribution in [0.15, 0.2) is 36.4 Å². The molecule has 1 N–H and O–H groups in total. The Morgan fingerprint density at radius 1 is 1.08 bits per heavy atom. The molecule has 0 spiro atoms. The highest BCUT2D eigenvalue weighted by Gasteiger charge is 2.17. The number of aromatic nitrogens is 5. The lowest BCUT2D eigenvalue weighted by molar-refractivity contribution is 0.102. The van der Waals surface area contributed by atoms with Gasteiger partial charge in [0, 0.05) is 25.4 Å². The summed E-state index contributed by atoms with van der Waals surface area (Å²) in [5.74, 6) is 0.948. The molecule has 2 heterocycles. The summed E-state index contributed by atoms with van der Waals surface area (Å²) < 4.78 is 3.28. The molecule has 0 unspecified atom stereocenters. The second kappa shape index (κ2) is 6.27. The van der Waals surface area contributed by atoms with Crippen LogP contribution in [0.25, 0.3) is 11.4 Å². The maximum absolute atomic E-state index is 12.4. The normalized spacial score (nSPS) is 11.0. The highest BCUT2D eigenvalue weighted by molar-refractivity contribution is 6.02. The van der Waals surface area contributed by atoms with Crippen molar-refractivity contribution >= 4 is 11.9 Å². The minimum Gasteiger partial charge on any atom is -0.289 e. The third-order valence-corrected chi connectivity index (χ3v) is 3.76. The van der Waals surface area contributed by atoms with E-state index in [1.807, 2.05) is 37.4 Å². The molecular formula is C17H20N6O. The molecule has 0 aliphatic carbocycles. The fourth-order valence-corrected chi connectivity index (χ4v) is 2.50. The van der Waals surface area contributed by atoms with Crippen molar-refractivity contribution in [3.63, 3.8) is 0 Å². The van der Waals surface area contributed by atoms with Crippen LogP contribution in [0.2, 0.25) is 0 Å². The first-order chi connectivity index (χ1) is 11.5. The molecule has 3 rings (SSSR count). The fraction of sp³-hybridized carbons (Fsp3) is 0.294. The van der Waals surface area contributed by atoms with Crippen molar-refractivity contribution in [1.29, 1.82) is 0 Å². The van der Waals surface area contributed by atoms with Crippen LogP contribution < -0.4 is 5.32 Å². The summed E-state index contributed by atoms with van der Waals surface area (Å²) in [5, 5.41) is 11.4. The molecule has 1 amide bonds. The number of amides is 1. The zero-order valence-corrected chi connectivity index (χ0v) is 14.2. The molecule has 0 aliphatic heterocycles. The predicted molar refractivity (Wildman–Crippen MR) is 91.7 cm³/mol. The van der Waals surface area contributed by atoms with E-state index in [1.54, 1.807) is 22.5 Å². The first-order valence-corrected chi connectivity index (χ1v) is 7.77. The molecule has 0 aliphatic rings. The van der Waals surface area contributed by atoms with Gasteiger partial charge in [0.2, 0.25) is 5.95 Å². The lowest BCUT2D eigenvalue weighted by atomic mass is 10.1. The van der Waals surface area contributed by atoms with E-state index in [2.05, 4.69) is 34.3 Å². The molecule has 0 saturated heterocycles. The summed E-state index contributed by atoms with van der Waals surface area (Å²) in [6.07, 6.45) is 0. The molecule has 0 saturated carbocycles. The Morgan fingerprint density at radius 3 is 2.42 bits per heavy atom. The van der Waals surface area contributed by atoms with Crippen LogP contribution in [-0.2, 0) is 14.1 Å². The Kier molecular flexibility index (Phi) is 4.16. The standard InChI is InChI=1S/C17H20N6O/c1-11(2)14-10-13(20-22(14)3)16(24)19-17-18-15(21-23(17)4)12-8-6-5-7-9-12/h5-11H,1-4H3,(H,18,19,21,24). The smallest absolute Gasteiger partial charge is 0.278 e. The van der Waals surface area contributed by atoms with Gasteiger partial charge in [0.25, 0.3) is 5.91 Å². The van der Waals surface area contributed by atoms with Gasteiger partial charge < -0.3 is 0 Å². The van der Waals surface area contributed by atoms with Gasteiger partial charge in [-0.3, -0.25) is 14.8 Å². The van der Waals surface area contributed by atoms with E-state index in [0.717, 1.165) is 11.3 Å². The summed E-state index contributed by atoms with van der Waals surface area (Å²) in [5.41, 5.74) is 2.27. The van der Waals surface area contributed by atoms with Crippen molar-refractivity contribution in [3.8, 4) is 11.4 Å². The lowest BCUT2D eigenvalue weighted by Gasteiger charge is -2.02. The highest BCUT2D eigenvalue weighted by atomic mass is 16.2. The Balaban J connectivity index is 1.82. The fourth-order valence-electron chi connectivity index (χ4n) is 2.50. The molecular weight excluding hydrogens is 304 g/mol. The first kappa shape index (κ1) is 15.9. The number of carbonyl (C=O) groups excluding carboxylic acids is 1. The Hall–Kier alpha value is -2.96. The predicted octanol–water partition coefficient (Wildman–Crippen LogP) is 2.59. The second-order valence-electron chi connectivity index (χ2n) is 5.94. The van der Waals surface area contributed by atoms with E-state index >= 15 is 0 Å². The Morgan fingerprint density at radius 2 is 1.79 bits per heavy atom. The zero-order valence-electron chi connectivity index (χ0n) is 14.2. The van der Waals surface area contributed by atoms with Crippen LogP contribution in [0.1, 0.15) is 35.9 Å². The van der Waals surface area contributed by atoms with Crippen LogP contribution in [0.5, 0.6) is 0 Å². The van der Waals surface area contributed by atoms with Gasteiger partial charge in [0.15, 0.2) is 11.5 Å². The number of nitrogens with one attached hydrogen (secondary N) is 1. The zero-order chi connectivity index (χ0) is 17.3. The molecule has 24 heavy (non-hydrogen) atoms. The SMILES string of the molecule is CC(C)c1cc(C(=O)Nc2nc(-c3ccccc3)nn2C)nn1C. The van der Waals surface area contributed by atoms with Crippen LogP contribution in [0, 0.1) is 0 Å². The number of rotatable bonds is 4. The minimum atomic E-state index is -0.299. The molecule has 124 valence electrons.